The highest BCUT2D eigenvalue weighted by molar-refractivity contribution is 7.89. The van der Waals surface area contributed by atoms with Gasteiger partial charge < -0.3 is 4.74 Å². The minimum absolute atomic E-state index is 0.251. The molecule has 0 saturated heterocycles. The van der Waals surface area contributed by atoms with Gasteiger partial charge in [-0.1, -0.05) is 6.07 Å². The van der Waals surface area contributed by atoms with Crippen LogP contribution in [0.2, 0.25) is 0 Å². The van der Waals surface area contributed by atoms with Crippen molar-refractivity contribution in [3.63, 3.8) is 0 Å². The first-order chi connectivity index (χ1) is 6.63. The van der Waals surface area contributed by atoms with Crippen LogP contribution in [0.3, 0.4) is 0 Å². The lowest BCUT2D eigenvalue weighted by Crippen LogP contribution is -2.18. The molecular formula is C9H11NO3S. The van der Waals surface area contributed by atoms with Gasteiger partial charge in [0, 0.05) is 12.5 Å². The molecule has 2 rings (SSSR count). The number of nitrogens with one attached hydrogen (secondary N) is 1. The summed E-state index contributed by atoms with van der Waals surface area (Å²) in [6.07, 6.45) is 0.856. The van der Waals surface area contributed by atoms with Crippen molar-refractivity contribution < 1.29 is 13.2 Å². The number of hydrogen-bond donors (Lipinski definition) is 1. The summed E-state index contributed by atoms with van der Waals surface area (Å²) in [4.78, 5) is 0.251. The molecule has 1 N–H and O–H groups in total. The van der Waals surface area contributed by atoms with Crippen molar-refractivity contribution in [3.8, 4) is 5.75 Å². The highest BCUT2D eigenvalue weighted by Gasteiger charge is 2.17. The minimum atomic E-state index is -3.35. The van der Waals surface area contributed by atoms with E-state index in [2.05, 4.69) is 4.72 Å². The smallest absolute Gasteiger partial charge is 0.240 e. The predicted octanol–water partition coefficient (Wildman–Crippen LogP) is 0.530. The van der Waals surface area contributed by atoms with Crippen LogP contribution in [0.1, 0.15) is 5.56 Å². The van der Waals surface area contributed by atoms with Gasteiger partial charge in [0.25, 0.3) is 0 Å². The van der Waals surface area contributed by atoms with E-state index < -0.39 is 10.0 Å². The monoisotopic (exact) mass is 213 g/mol. The Labute approximate surface area is 82.9 Å². The number of fused-ring (bicyclic) bond motifs is 1. The molecule has 0 aromatic heterocycles. The average Bonchev–Trinajstić information content (AvgIpc) is 2.64. The van der Waals surface area contributed by atoms with Crippen LogP contribution < -0.4 is 9.46 Å². The molecule has 0 unspecified atom stereocenters. The van der Waals surface area contributed by atoms with Crippen LogP contribution in [0.25, 0.3) is 0 Å². The number of hydrogen-bond acceptors (Lipinski definition) is 3. The lowest BCUT2D eigenvalue weighted by Gasteiger charge is -2.04. The average molecular weight is 213 g/mol. The molecule has 0 fully saturated rings. The van der Waals surface area contributed by atoms with Crippen molar-refractivity contribution in [3.05, 3.63) is 23.8 Å². The molecule has 1 aliphatic rings. The lowest BCUT2D eigenvalue weighted by molar-refractivity contribution is 0.356. The maximum Gasteiger partial charge on any atom is 0.240 e. The molecule has 0 bridgehead atoms. The molecule has 1 heterocycles. The molecule has 0 aliphatic carbocycles. The molecular weight excluding hydrogens is 202 g/mol. The molecule has 0 spiro atoms. The third kappa shape index (κ3) is 1.49. The van der Waals surface area contributed by atoms with Gasteiger partial charge in [0.1, 0.15) is 5.75 Å². The van der Waals surface area contributed by atoms with Crippen molar-refractivity contribution in [1.82, 2.24) is 4.72 Å². The molecule has 1 aromatic carbocycles. The summed E-state index contributed by atoms with van der Waals surface area (Å²) in [5.74, 6) is 0.682. The van der Waals surface area contributed by atoms with Crippen LogP contribution in [-0.4, -0.2) is 22.1 Å². The fraction of sp³-hybridized carbons (Fsp3) is 0.333. The largest absolute Gasteiger partial charge is 0.493 e. The van der Waals surface area contributed by atoms with Crippen molar-refractivity contribution >= 4 is 10.0 Å². The number of ether oxygens (including phenoxy) is 1. The van der Waals surface area contributed by atoms with Crippen molar-refractivity contribution in [2.45, 2.75) is 11.3 Å². The van der Waals surface area contributed by atoms with Gasteiger partial charge in [0.2, 0.25) is 10.0 Å². The van der Waals surface area contributed by atoms with Crippen LogP contribution >= 0.6 is 0 Å². The molecule has 14 heavy (non-hydrogen) atoms. The molecule has 76 valence electrons. The van der Waals surface area contributed by atoms with Gasteiger partial charge in [-0.15, -0.1) is 0 Å². The topological polar surface area (TPSA) is 55.4 Å². The van der Waals surface area contributed by atoms with Crippen molar-refractivity contribution in [2.24, 2.45) is 0 Å². The highest BCUT2D eigenvalue weighted by atomic mass is 32.2. The summed E-state index contributed by atoms with van der Waals surface area (Å²) in [6, 6.07) is 4.96. The first-order valence-electron chi connectivity index (χ1n) is 4.33. The van der Waals surface area contributed by atoms with Crippen LogP contribution in [0, 0.1) is 0 Å². The van der Waals surface area contributed by atoms with Gasteiger partial charge in [-0.3, -0.25) is 0 Å². The zero-order chi connectivity index (χ0) is 10.2. The fourth-order valence-corrected chi connectivity index (χ4v) is 2.18. The zero-order valence-corrected chi connectivity index (χ0v) is 8.60. The van der Waals surface area contributed by atoms with E-state index in [9.17, 15) is 8.42 Å². The van der Waals surface area contributed by atoms with Gasteiger partial charge in [-0.05, 0) is 18.7 Å². The van der Waals surface area contributed by atoms with E-state index in [1.54, 1.807) is 18.2 Å². The molecule has 0 radical (unpaired) electrons. The SMILES string of the molecule is CNS(=O)(=O)c1ccc2c(c1)OCC2. The van der Waals surface area contributed by atoms with Gasteiger partial charge in [-0.25, -0.2) is 13.1 Å². The second-order valence-electron chi connectivity index (χ2n) is 3.08. The fourth-order valence-electron chi connectivity index (χ4n) is 1.43. The van der Waals surface area contributed by atoms with E-state index in [1.165, 1.54) is 7.05 Å². The van der Waals surface area contributed by atoms with E-state index in [-0.39, 0.29) is 4.90 Å². The minimum Gasteiger partial charge on any atom is -0.493 e. The van der Waals surface area contributed by atoms with Gasteiger partial charge in [-0.2, -0.15) is 0 Å². The molecule has 0 saturated carbocycles. The normalized spacial score (nSPS) is 14.9. The summed E-state index contributed by atoms with van der Waals surface area (Å²) >= 11 is 0. The maximum absolute atomic E-state index is 11.4. The Morgan fingerprint density at radius 3 is 2.93 bits per heavy atom. The Hall–Kier alpha value is -1.07. The third-order valence-corrected chi connectivity index (χ3v) is 3.66. The van der Waals surface area contributed by atoms with E-state index in [0.29, 0.717) is 12.4 Å². The quantitative estimate of drug-likeness (QED) is 0.779. The number of rotatable bonds is 2. The molecule has 5 heteroatoms. The van der Waals surface area contributed by atoms with Crippen LogP contribution in [0.15, 0.2) is 23.1 Å². The zero-order valence-electron chi connectivity index (χ0n) is 7.78. The Bertz CT molecular complexity index is 453. The van der Waals surface area contributed by atoms with E-state index in [4.69, 9.17) is 4.74 Å². The summed E-state index contributed by atoms with van der Waals surface area (Å²) in [6.45, 7) is 0.637. The van der Waals surface area contributed by atoms with Crippen LogP contribution in [0.4, 0.5) is 0 Å². The Morgan fingerprint density at radius 1 is 1.43 bits per heavy atom. The summed E-state index contributed by atoms with van der Waals surface area (Å²) in [5.41, 5.74) is 1.07. The van der Waals surface area contributed by atoms with Crippen LogP contribution in [-0.2, 0) is 16.4 Å². The second-order valence-corrected chi connectivity index (χ2v) is 4.96. The third-order valence-electron chi connectivity index (χ3n) is 2.25. The molecule has 0 atom stereocenters. The van der Waals surface area contributed by atoms with Crippen molar-refractivity contribution in [2.75, 3.05) is 13.7 Å². The Kier molecular flexibility index (Phi) is 2.20. The molecule has 4 nitrogen and oxygen atoms in total. The molecule has 0 amide bonds. The predicted molar refractivity (Wildman–Crippen MR) is 51.9 cm³/mol. The van der Waals surface area contributed by atoms with E-state index >= 15 is 0 Å². The van der Waals surface area contributed by atoms with E-state index in [1.807, 2.05) is 0 Å². The maximum atomic E-state index is 11.4. The first kappa shape index (κ1) is 9.48. The second kappa shape index (κ2) is 3.25. The Balaban J connectivity index is 2.48. The van der Waals surface area contributed by atoms with Crippen LogP contribution in [0.5, 0.6) is 5.75 Å². The van der Waals surface area contributed by atoms with Gasteiger partial charge in [0.15, 0.2) is 0 Å². The van der Waals surface area contributed by atoms with E-state index in [0.717, 1.165) is 12.0 Å². The number of benzene rings is 1. The summed E-state index contributed by atoms with van der Waals surface area (Å²) in [7, 11) is -1.96. The summed E-state index contributed by atoms with van der Waals surface area (Å²) in [5, 5.41) is 0. The molecule has 1 aliphatic heterocycles. The standard InChI is InChI=1S/C9H11NO3S/c1-10-14(11,12)8-3-2-7-4-5-13-9(7)6-8/h2-3,6,10H,4-5H2,1H3. The first-order valence-corrected chi connectivity index (χ1v) is 5.81. The highest BCUT2D eigenvalue weighted by Crippen LogP contribution is 2.27. The molecule has 1 aromatic rings. The van der Waals surface area contributed by atoms with Crippen molar-refractivity contribution in [1.29, 1.82) is 0 Å². The van der Waals surface area contributed by atoms with Gasteiger partial charge in [0.05, 0.1) is 11.5 Å². The Morgan fingerprint density at radius 2 is 2.21 bits per heavy atom. The lowest BCUT2D eigenvalue weighted by atomic mass is 10.2. The van der Waals surface area contributed by atoms with Gasteiger partial charge >= 0.3 is 0 Å². The summed E-state index contributed by atoms with van der Waals surface area (Å²) < 4.78 is 30.4. The number of sulfonamides is 1.